The Balaban J connectivity index is 1.70. The Kier molecular flexibility index (Phi) is 4.95. The maximum Gasteiger partial charge on any atom is 0.161 e. The highest BCUT2D eigenvalue weighted by Crippen LogP contribution is 2.29. The molecule has 0 spiro atoms. The van der Waals surface area contributed by atoms with Gasteiger partial charge in [-0.2, -0.15) is 0 Å². The lowest BCUT2D eigenvalue weighted by molar-refractivity contribution is 0.256. The highest BCUT2D eigenvalue weighted by molar-refractivity contribution is 5.43. The molecule has 0 aliphatic carbocycles. The summed E-state index contributed by atoms with van der Waals surface area (Å²) in [7, 11) is 0. The lowest BCUT2D eigenvalue weighted by Gasteiger charge is -2.14. The molecule has 0 aliphatic heterocycles. The van der Waals surface area contributed by atoms with Gasteiger partial charge in [-0.25, -0.2) is 0 Å². The summed E-state index contributed by atoms with van der Waals surface area (Å²) in [6, 6.07) is 26.3. The van der Waals surface area contributed by atoms with Gasteiger partial charge in [0, 0.05) is 0 Å². The lowest BCUT2D eigenvalue weighted by atomic mass is 10.2. The van der Waals surface area contributed by atoms with Crippen LogP contribution in [0.1, 0.15) is 16.7 Å². The number of aryl methyl sites for hydroxylation is 1. The zero-order valence-corrected chi connectivity index (χ0v) is 13.2. The minimum Gasteiger partial charge on any atom is -0.485 e. The van der Waals surface area contributed by atoms with E-state index in [4.69, 9.17) is 9.47 Å². The Morgan fingerprint density at radius 1 is 0.609 bits per heavy atom. The molecule has 0 radical (unpaired) electrons. The van der Waals surface area contributed by atoms with Gasteiger partial charge in [0.25, 0.3) is 0 Å². The van der Waals surface area contributed by atoms with Crippen molar-refractivity contribution in [2.75, 3.05) is 0 Å². The quantitative estimate of drug-likeness (QED) is 0.627. The molecule has 0 aromatic heterocycles. The second-order valence-electron chi connectivity index (χ2n) is 5.50. The van der Waals surface area contributed by atoms with Crippen LogP contribution in [0.2, 0.25) is 0 Å². The van der Waals surface area contributed by atoms with Crippen molar-refractivity contribution in [3.8, 4) is 11.5 Å². The van der Waals surface area contributed by atoms with Crippen molar-refractivity contribution >= 4 is 0 Å². The third kappa shape index (κ3) is 4.36. The van der Waals surface area contributed by atoms with Gasteiger partial charge in [-0.15, -0.1) is 0 Å². The molecule has 23 heavy (non-hydrogen) atoms. The van der Waals surface area contributed by atoms with E-state index in [1.807, 2.05) is 54.6 Å². The van der Waals surface area contributed by atoms with Gasteiger partial charge in [0.1, 0.15) is 13.2 Å². The van der Waals surface area contributed by atoms with Gasteiger partial charge >= 0.3 is 0 Å². The predicted molar refractivity (Wildman–Crippen MR) is 92.7 cm³/mol. The van der Waals surface area contributed by atoms with Gasteiger partial charge in [0.05, 0.1) is 0 Å². The molecule has 0 saturated heterocycles. The van der Waals surface area contributed by atoms with Crippen molar-refractivity contribution in [3.05, 3.63) is 95.6 Å². The number of hydrogen-bond acceptors (Lipinski definition) is 2. The topological polar surface area (TPSA) is 18.5 Å². The SMILES string of the molecule is Cc1ccc(OCc2ccccc2)c(OCc2ccccc2)c1. The van der Waals surface area contributed by atoms with Crippen LogP contribution >= 0.6 is 0 Å². The summed E-state index contributed by atoms with van der Waals surface area (Å²) in [5, 5.41) is 0. The number of ether oxygens (including phenoxy) is 2. The largest absolute Gasteiger partial charge is 0.485 e. The second-order valence-corrected chi connectivity index (χ2v) is 5.50. The number of rotatable bonds is 6. The first kappa shape index (κ1) is 15.2. The fourth-order valence-corrected chi connectivity index (χ4v) is 2.32. The molecule has 3 rings (SSSR count). The molecule has 0 amide bonds. The molecule has 0 atom stereocenters. The molecule has 3 aromatic rings. The maximum atomic E-state index is 5.97. The molecule has 0 aliphatic rings. The van der Waals surface area contributed by atoms with Crippen molar-refractivity contribution in [2.24, 2.45) is 0 Å². The van der Waals surface area contributed by atoms with Crippen LogP contribution in [0.5, 0.6) is 11.5 Å². The van der Waals surface area contributed by atoms with E-state index in [1.165, 1.54) is 0 Å². The van der Waals surface area contributed by atoms with E-state index in [0.29, 0.717) is 13.2 Å². The first-order valence-corrected chi connectivity index (χ1v) is 7.75. The molecular weight excluding hydrogens is 284 g/mol. The molecule has 3 aromatic carbocycles. The van der Waals surface area contributed by atoms with E-state index < -0.39 is 0 Å². The zero-order valence-electron chi connectivity index (χ0n) is 13.2. The highest BCUT2D eigenvalue weighted by Gasteiger charge is 2.06. The van der Waals surface area contributed by atoms with Gasteiger partial charge in [0.15, 0.2) is 11.5 Å². The molecule has 116 valence electrons. The van der Waals surface area contributed by atoms with Gasteiger partial charge in [-0.1, -0.05) is 66.7 Å². The van der Waals surface area contributed by atoms with Crippen molar-refractivity contribution in [1.82, 2.24) is 0 Å². The first-order valence-electron chi connectivity index (χ1n) is 7.75. The molecule has 0 fully saturated rings. The molecule has 2 nitrogen and oxygen atoms in total. The minimum absolute atomic E-state index is 0.533. The van der Waals surface area contributed by atoms with Crippen LogP contribution in [-0.4, -0.2) is 0 Å². The fraction of sp³-hybridized carbons (Fsp3) is 0.143. The minimum atomic E-state index is 0.533. The third-order valence-electron chi connectivity index (χ3n) is 3.57. The molecular formula is C21H20O2. The van der Waals surface area contributed by atoms with Crippen LogP contribution in [0.3, 0.4) is 0 Å². The summed E-state index contributed by atoms with van der Waals surface area (Å²) in [4.78, 5) is 0. The second kappa shape index (κ2) is 7.50. The Hall–Kier alpha value is -2.74. The van der Waals surface area contributed by atoms with Crippen molar-refractivity contribution in [3.63, 3.8) is 0 Å². The zero-order chi connectivity index (χ0) is 15.9. The van der Waals surface area contributed by atoms with E-state index >= 15 is 0 Å². The van der Waals surface area contributed by atoms with Gasteiger partial charge < -0.3 is 9.47 Å². The number of hydrogen-bond donors (Lipinski definition) is 0. The molecule has 0 unspecified atom stereocenters. The van der Waals surface area contributed by atoms with Crippen LogP contribution < -0.4 is 9.47 Å². The maximum absolute atomic E-state index is 5.97. The van der Waals surface area contributed by atoms with Crippen LogP contribution in [0, 0.1) is 6.92 Å². The Morgan fingerprint density at radius 3 is 1.70 bits per heavy atom. The molecule has 0 saturated carbocycles. The molecule has 2 heteroatoms. The monoisotopic (exact) mass is 304 g/mol. The van der Waals surface area contributed by atoms with E-state index in [-0.39, 0.29) is 0 Å². The van der Waals surface area contributed by atoms with E-state index in [0.717, 1.165) is 28.2 Å². The highest BCUT2D eigenvalue weighted by atomic mass is 16.5. The summed E-state index contributed by atoms with van der Waals surface area (Å²) in [6.45, 7) is 3.12. The van der Waals surface area contributed by atoms with Crippen LogP contribution in [0.4, 0.5) is 0 Å². The van der Waals surface area contributed by atoms with Crippen LogP contribution in [0.25, 0.3) is 0 Å². The Bertz CT molecular complexity index is 736. The van der Waals surface area contributed by atoms with Crippen molar-refractivity contribution in [2.45, 2.75) is 20.1 Å². The van der Waals surface area contributed by atoms with Gasteiger partial charge in [-0.3, -0.25) is 0 Å². The molecule has 0 N–H and O–H groups in total. The number of benzene rings is 3. The summed E-state index contributed by atoms with van der Waals surface area (Å²) in [6.07, 6.45) is 0. The standard InChI is InChI=1S/C21H20O2/c1-17-12-13-20(22-15-18-8-4-2-5-9-18)21(14-17)23-16-19-10-6-3-7-11-19/h2-14H,15-16H2,1H3. The van der Waals surface area contributed by atoms with E-state index in [2.05, 4.69) is 31.2 Å². The van der Waals surface area contributed by atoms with Crippen molar-refractivity contribution < 1.29 is 9.47 Å². The lowest BCUT2D eigenvalue weighted by Crippen LogP contribution is -2.00. The Morgan fingerprint density at radius 2 is 1.13 bits per heavy atom. The predicted octanol–water partition coefficient (Wildman–Crippen LogP) is 5.15. The third-order valence-corrected chi connectivity index (χ3v) is 3.57. The van der Waals surface area contributed by atoms with Gasteiger partial charge in [-0.05, 0) is 35.7 Å². The summed E-state index contributed by atoms with van der Waals surface area (Å²) >= 11 is 0. The summed E-state index contributed by atoms with van der Waals surface area (Å²) in [5.41, 5.74) is 3.44. The van der Waals surface area contributed by atoms with Crippen molar-refractivity contribution in [1.29, 1.82) is 0 Å². The fourth-order valence-electron chi connectivity index (χ4n) is 2.32. The Labute approximate surface area is 137 Å². The first-order chi connectivity index (χ1) is 11.3. The summed E-state index contributed by atoms with van der Waals surface area (Å²) < 4.78 is 11.9. The average Bonchev–Trinajstić information content (AvgIpc) is 2.61. The van der Waals surface area contributed by atoms with Crippen LogP contribution in [0.15, 0.2) is 78.9 Å². The smallest absolute Gasteiger partial charge is 0.161 e. The van der Waals surface area contributed by atoms with Crippen LogP contribution in [-0.2, 0) is 13.2 Å². The van der Waals surface area contributed by atoms with E-state index in [9.17, 15) is 0 Å². The average molecular weight is 304 g/mol. The summed E-state index contributed by atoms with van der Waals surface area (Å²) in [5.74, 6) is 1.56. The van der Waals surface area contributed by atoms with Gasteiger partial charge in [0.2, 0.25) is 0 Å². The van der Waals surface area contributed by atoms with E-state index in [1.54, 1.807) is 0 Å². The molecule has 0 bridgehead atoms. The molecule has 0 heterocycles. The normalized spacial score (nSPS) is 10.3.